The molecule has 0 saturated carbocycles. The molecule has 3 aromatic rings. The first-order chi connectivity index (χ1) is 14.2. The van der Waals surface area contributed by atoms with Crippen molar-refractivity contribution in [2.75, 3.05) is 20.2 Å². The van der Waals surface area contributed by atoms with E-state index < -0.39 is 0 Å². The summed E-state index contributed by atoms with van der Waals surface area (Å²) in [7, 11) is 1.65. The van der Waals surface area contributed by atoms with Crippen LogP contribution in [0.3, 0.4) is 0 Å². The third-order valence-electron chi connectivity index (χ3n) is 4.12. The number of guanidine groups is 1. The van der Waals surface area contributed by atoms with E-state index in [2.05, 4.69) is 25.8 Å². The van der Waals surface area contributed by atoms with Crippen LogP contribution in [-0.4, -0.2) is 36.3 Å². The summed E-state index contributed by atoms with van der Waals surface area (Å²) in [4.78, 5) is 9.04. The minimum Gasteiger partial charge on any atom is -0.497 e. The van der Waals surface area contributed by atoms with E-state index in [9.17, 15) is 0 Å². The Bertz CT molecular complexity index is 929. The fourth-order valence-electron chi connectivity index (χ4n) is 2.60. The van der Waals surface area contributed by atoms with Gasteiger partial charge in [-0.2, -0.15) is 4.98 Å². The SMILES string of the molecule is CCNC(=NCc1ccc(OC)cc1)NCCc1nc(-c2ccc(Cl)cc2)no1.I. The molecule has 0 bridgehead atoms. The van der Waals surface area contributed by atoms with Gasteiger partial charge in [-0.25, -0.2) is 4.99 Å². The number of hydrogen-bond donors (Lipinski definition) is 2. The van der Waals surface area contributed by atoms with Gasteiger partial charge in [-0.3, -0.25) is 0 Å². The maximum absolute atomic E-state index is 5.91. The van der Waals surface area contributed by atoms with E-state index in [1.807, 2.05) is 43.3 Å². The lowest BCUT2D eigenvalue weighted by Crippen LogP contribution is -2.38. The lowest BCUT2D eigenvalue weighted by atomic mass is 10.2. The van der Waals surface area contributed by atoms with Gasteiger partial charge in [-0.05, 0) is 48.9 Å². The topological polar surface area (TPSA) is 84.6 Å². The van der Waals surface area contributed by atoms with Crippen LogP contribution in [0.2, 0.25) is 5.02 Å². The second kappa shape index (κ2) is 12.4. The van der Waals surface area contributed by atoms with E-state index in [0.717, 1.165) is 29.4 Å². The van der Waals surface area contributed by atoms with Crippen LogP contribution in [0.25, 0.3) is 11.4 Å². The lowest BCUT2D eigenvalue weighted by Gasteiger charge is -2.10. The minimum atomic E-state index is 0. The van der Waals surface area contributed by atoms with Gasteiger partial charge in [-0.15, -0.1) is 24.0 Å². The van der Waals surface area contributed by atoms with E-state index in [1.54, 1.807) is 19.2 Å². The molecule has 0 spiro atoms. The second-order valence-corrected chi connectivity index (χ2v) is 6.68. The number of halogens is 2. The van der Waals surface area contributed by atoms with Gasteiger partial charge >= 0.3 is 0 Å². The molecule has 30 heavy (non-hydrogen) atoms. The molecule has 7 nitrogen and oxygen atoms in total. The van der Waals surface area contributed by atoms with Crippen LogP contribution in [0.1, 0.15) is 18.4 Å². The third kappa shape index (κ3) is 7.17. The molecule has 2 N–H and O–H groups in total. The normalized spacial score (nSPS) is 11.0. The van der Waals surface area contributed by atoms with Crippen LogP contribution in [0.5, 0.6) is 5.75 Å². The zero-order valence-corrected chi connectivity index (χ0v) is 20.0. The van der Waals surface area contributed by atoms with Crippen molar-refractivity contribution in [2.24, 2.45) is 4.99 Å². The average Bonchev–Trinajstić information content (AvgIpc) is 3.22. The number of nitrogens with one attached hydrogen (secondary N) is 2. The Morgan fingerprint density at radius 3 is 2.50 bits per heavy atom. The van der Waals surface area contributed by atoms with Gasteiger partial charge in [0, 0.05) is 30.1 Å². The lowest BCUT2D eigenvalue weighted by molar-refractivity contribution is 0.378. The van der Waals surface area contributed by atoms with Gasteiger partial charge < -0.3 is 19.9 Å². The van der Waals surface area contributed by atoms with Crippen LogP contribution in [0, 0.1) is 0 Å². The summed E-state index contributed by atoms with van der Waals surface area (Å²) in [5.74, 6) is 2.69. The van der Waals surface area contributed by atoms with Crippen molar-refractivity contribution >= 4 is 41.5 Å². The van der Waals surface area contributed by atoms with E-state index in [1.165, 1.54) is 0 Å². The van der Waals surface area contributed by atoms with E-state index in [0.29, 0.717) is 36.2 Å². The predicted octanol–water partition coefficient (Wildman–Crippen LogP) is 4.31. The number of hydrogen-bond acceptors (Lipinski definition) is 5. The fraction of sp³-hybridized carbons (Fsp3) is 0.286. The molecule has 0 saturated heterocycles. The highest BCUT2D eigenvalue weighted by atomic mass is 127. The molecular weight excluding hydrogens is 517 g/mol. The molecule has 0 radical (unpaired) electrons. The summed E-state index contributed by atoms with van der Waals surface area (Å²) in [6, 6.07) is 15.2. The summed E-state index contributed by atoms with van der Waals surface area (Å²) in [6.45, 7) is 3.99. The van der Waals surface area contributed by atoms with Crippen molar-refractivity contribution in [3.05, 3.63) is 65.0 Å². The number of nitrogens with zero attached hydrogens (tertiary/aromatic N) is 3. The smallest absolute Gasteiger partial charge is 0.228 e. The summed E-state index contributed by atoms with van der Waals surface area (Å²) in [5, 5.41) is 11.2. The number of rotatable bonds is 8. The first-order valence-electron chi connectivity index (χ1n) is 9.41. The molecule has 9 heteroatoms. The van der Waals surface area contributed by atoms with Gasteiger partial charge in [0.2, 0.25) is 11.7 Å². The number of benzene rings is 2. The highest BCUT2D eigenvalue weighted by Gasteiger charge is 2.09. The van der Waals surface area contributed by atoms with E-state index in [-0.39, 0.29) is 24.0 Å². The molecule has 0 aliphatic heterocycles. The largest absolute Gasteiger partial charge is 0.497 e. The molecule has 0 amide bonds. The van der Waals surface area contributed by atoms with Crippen molar-refractivity contribution in [3.8, 4) is 17.1 Å². The van der Waals surface area contributed by atoms with Crippen LogP contribution in [-0.2, 0) is 13.0 Å². The van der Waals surface area contributed by atoms with Gasteiger partial charge in [0.25, 0.3) is 0 Å². The number of aromatic nitrogens is 2. The minimum absolute atomic E-state index is 0. The molecule has 1 aromatic heterocycles. The molecular formula is C21H25ClIN5O2. The number of aliphatic imine (C=N–C) groups is 1. The Morgan fingerprint density at radius 2 is 1.83 bits per heavy atom. The van der Waals surface area contributed by atoms with Crippen LogP contribution in [0.4, 0.5) is 0 Å². The molecule has 0 aliphatic carbocycles. The van der Waals surface area contributed by atoms with E-state index in [4.69, 9.17) is 20.9 Å². The molecule has 0 atom stereocenters. The highest BCUT2D eigenvalue weighted by Crippen LogP contribution is 2.18. The van der Waals surface area contributed by atoms with Gasteiger partial charge in [0.05, 0.1) is 13.7 Å². The number of ether oxygens (including phenoxy) is 1. The van der Waals surface area contributed by atoms with E-state index >= 15 is 0 Å². The monoisotopic (exact) mass is 541 g/mol. The fourth-order valence-corrected chi connectivity index (χ4v) is 2.73. The molecule has 2 aromatic carbocycles. The van der Waals surface area contributed by atoms with Crippen LogP contribution < -0.4 is 15.4 Å². The Kier molecular flexibility index (Phi) is 9.88. The van der Waals surface area contributed by atoms with Gasteiger partial charge in [0.15, 0.2) is 5.96 Å². The van der Waals surface area contributed by atoms with Crippen molar-refractivity contribution in [3.63, 3.8) is 0 Å². The highest BCUT2D eigenvalue weighted by molar-refractivity contribution is 14.0. The standard InChI is InChI=1S/C21H24ClN5O2.HI/c1-3-23-21(25-14-15-4-10-18(28-2)11-5-15)24-13-12-19-26-20(27-29-19)16-6-8-17(22)9-7-16;/h4-11H,3,12-14H2,1-2H3,(H2,23,24,25);1H. The summed E-state index contributed by atoms with van der Waals surface area (Å²) in [5.41, 5.74) is 1.97. The van der Waals surface area contributed by atoms with Crippen molar-refractivity contribution < 1.29 is 9.26 Å². The van der Waals surface area contributed by atoms with Crippen LogP contribution >= 0.6 is 35.6 Å². The molecule has 0 unspecified atom stereocenters. The molecule has 1 heterocycles. The first kappa shape index (κ1) is 23.9. The molecule has 0 aliphatic rings. The van der Waals surface area contributed by atoms with Crippen molar-refractivity contribution in [2.45, 2.75) is 19.9 Å². The Hall–Kier alpha value is -2.33. The van der Waals surface area contributed by atoms with Gasteiger partial charge in [0.1, 0.15) is 5.75 Å². The Morgan fingerprint density at radius 1 is 1.10 bits per heavy atom. The van der Waals surface area contributed by atoms with Gasteiger partial charge in [-0.1, -0.05) is 28.9 Å². The molecule has 0 fully saturated rings. The van der Waals surface area contributed by atoms with Crippen molar-refractivity contribution in [1.29, 1.82) is 0 Å². The number of methoxy groups -OCH3 is 1. The second-order valence-electron chi connectivity index (χ2n) is 6.24. The van der Waals surface area contributed by atoms with Crippen LogP contribution in [0.15, 0.2) is 58.0 Å². The summed E-state index contributed by atoms with van der Waals surface area (Å²) >= 11 is 5.91. The molecule has 160 valence electrons. The maximum Gasteiger partial charge on any atom is 0.228 e. The zero-order valence-electron chi connectivity index (χ0n) is 16.9. The third-order valence-corrected chi connectivity index (χ3v) is 4.38. The quantitative estimate of drug-likeness (QED) is 0.251. The average molecular weight is 542 g/mol. The summed E-state index contributed by atoms with van der Waals surface area (Å²) in [6.07, 6.45) is 0.591. The first-order valence-corrected chi connectivity index (χ1v) is 9.79. The maximum atomic E-state index is 5.91. The zero-order chi connectivity index (χ0) is 20.5. The predicted molar refractivity (Wildman–Crippen MR) is 130 cm³/mol. The summed E-state index contributed by atoms with van der Waals surface area (Å²) < 4.78 is 10.5. The Balaban J connectivity index is 0.00000320. The van der Waals surface area contributed by atoms with Crippen molar-refractivity contribution in [1.82, 2.24) is 20.8 Å². The molecule has 3 rings (SSSR count). The Labute approximate surface area is 198 Å².